The maximum Gasteiger partial charge on any atom is 0.269 e. The monoisotopic (exact) mass is 298 g/mol. The lowest BCUT2D eigenvalue weighted by molar-refractivity contribution is -0.384. The van der Waals surface area contributed by atoms with Crippen molar-refractivity contribution in [2.45, 2.75) is 11.7 Å². The van der Waals surface area contributed by atoms with Gasteiger partial charge in [-0.15, -0.1) is 0 Å². The van der Waals surface area contributed by atoms with Crippen LogP contribution in [0.15, 0.2) is 24.3 Å². The van der Waals surface area contributed by atoms with Crippen LogP contribution in [0.5, 0.6) is 0 Å². The summed E-state index contributed by atoms with van der Waals surface area (Å²) in [6.45, 7) is 1.99. The minimum Gasteiger partial charge on any atom is -0.315 e. The summed E-state index contributed by atoms with van der Waals surface area (Å²) in [6.07, 6.45) is 0.919. The van der Waals surface area contributed by atoms with Crippen LogP contribution >= 0.6 is 23.5 Å². The Morgan fingerprint density at radius 1 is 1.32 bits per heavy atom. The number of nitrogens with one attached hydrogen (secondary N) is 1. The van der Waals surface area contributed by atoms with Crippen molar-refractivity contribution in [1.29, 1.82) is 0 Å². The molecule has 1 N–H and O–H groups in total. The van der Waals surface area contributed by atoms with E-state index in [2.05, 4.69) is 17.1 Å². The summed E-state index contributed by atoms with van der Waals surface area (Å²) < 4.78 is 0. The molecule has 1 saturated heterocycles. The maximum absolute atomic E-state index is 10.5. The molecule has 1 aromatic rings. The second kappa shape index (κ2) is 7.77. The molecule has 1 aromatic carbocycles. The van der Waals surface area contributed by atoms with Gasteiger partial charge in [-0.1, -0.05) is 12.1 Å². The van der Waals surface area contributed by atoms with E-state index in [-0.39, 0.29) is 10.6 Å². The van der Waals surface area contributed by atoms with Gasteiger partial charge < -0.3 is 5.32 Å². The third-order valence-corrected chi connectivity index (χ3v) is 5.84. The molecule has 0 aliphatic carbocycles. The zero-order valence-electron chi connectivity index (χ0n) is 10.7. The van der Waals surface area contributed by atoms with Crippen molar-refractivity contribution in [2.75, 3.05) is 30.3 Å². The summed E-state index contributed by atoms with van der Waals surface area (Å²) in [7, 11) is 0. The van der Waals surface area contributed by atoms with E-state index in [1.54, 1.807) is 12.1 Å². The Bertz CT molecular complexity index is 406. The molecule has 104 valence electrons. The van der Waals surface area contributed by atoms with Gasteiger partial charge >= 0.3 is 0 Å². The van der Waals surface area contributed by atoms with E-state index in [0.717, 1.165) is 30.3 Å². The van der Waals surface area contributed by atoms with E-state index in [9.17, 15) is 10.1 Å². The van der Waals surface area contributed by atoms with Crippen LogP contribution in [-0.2, 0) is 6.42 Å². The third kappa shape index (κ3) is 5.04. The Hall–Kier alpha value is -0.720. The first-order chi connectivity index (χ1) is 9.25. The van der Waals surface area contributed by atoms with Crippen molar-refractivity contribution >= 4 is 29.2 Å². The van der Waals surface area contributed by atoms with Crippen LogP contribution in [-0.4, -0.2) is 40.5 Å². The molecule has 6 heteroatoms. The topological polar surface area (TPSA) is 55.2 Å². The third-order valence-electron chi connectivity index (χ3n) is 2.99. The highest BCUT2D eigenvalue weighted by molar-refractivity contribution is 8.06. The average molecular weight is 298 g/mol. The normalized spacial score (nSPS) is 19.3. The van der Waals surface area contributed by atoms with E-state index >= 15 is 0 Å². The fourth-order valence-electron chi connectivity index (χ4n) is 1.93. The molecule has 0 radical (unpaired) electrons. The average Bonchev–Trinajstić information content (AvgIpc) is 2.45. The number of rotatable bonds is 6. The Morgan fingerprint density at radius 2 is 2.11 bits per heavy atom. The molecule has 4 nitrogen and oxygen atoms in total. The molecule has 0 bridgehead atoms. The number of benzene rings is 1. The first-order valence-electron chi connectivity index (χ1n) is 6.39. The molecule has 0 aromatic heterocycles. The van der Waals surface area contributed by atoms with Gasteiger partial charge in [0.05, 0.1) is 4.92 Å². The molecule has 0 amide bonds. The van der Waals surface area contributed by atoms with Gasteiger partial charge in [0, 0.05) is 41.2 Å². The van der Waals surface area contributed by atoms with Crippen molar-refractivity contribution in [3.63, 3.8) is 0 Å². The van der Waals surface area contributed by atoms with Crippen LogP contribution in [0.3, 0.4) is 0 Å². The fraction of sp³-hybridized carbons (Fsp3) is 0.538. The summed E-state index contributed by atoms with van der Waals surface area (Å²) in [4.78, 5) is 10.2. The minimum absolute atomic E-state index is 0.160. The number of hydrogen-bond acceptors (Lipinski definition) is 5. The Labute approximate surface area is 121 Å². The van der Waals surface area contributed by atoms with Gasteiger partial charge in [-0.3, -0.25) is 10.1 Å². The lowest BCUT2D eigenvalue weighted by Crippen LogP contribution is -2.30. The number of thioether (sulfide) groups is 2. The van der Waals surface area contributed by atoms with Crippen LogP contribution < -0.4 is 5.32 Å². The van der Waals surface area contributed by atoms with Crippen molar-refractivity contribution in [3.8, 4) is 0 Å². The number of non-ortho nitro benzene ring substituents is 1. The van der Waals surface area contributed by atoms with Crippen molar-refractivity contribution in [3.05, 3.63) is 39.9 Å². The fourth-order valence-corrected chi connectivity index (χ4v) is 4.58. The molecule has 1 unspecified atom stereocenters. The van der Waals surface area contributed by atoms with E-state index in [1.165, 1.54) is 17.3 Å². The molecule has 2 rings (SSSR count). The summed E-state index contributed by atoms with van der Waals surface area (Å²) >= 11 is 4.09. The molecule has 19 heavy (non-hydrogen) atoms. The van der Waals surface area contributed by atoms with Crippen LogP contribution in [0, 0.1) is 10.1 Å². The van der Waals surface area contributed by atoms with Gasteiger partial charge in [0.1, 0.15) is 0 Å². The predicted octanol–water partition coefficient (Wildman–Crippen LogP) is 2.58. The Morgan fingerprint density at radius 3 is 2.74 bits per heavy atom. The van der Waals surface area contributed by atoms with Crippen molar-refractivity contribution in [1.82, 2.24) is 5.32 Å². The highest BCUT2D eigenvalue weighted by Crippen LogP contribution is 2.23. The highest BCUT2D eigenvalue weighted by atomic mass is 32.2. The summed E-state index contributed by atoms with van der Waals surface area (Å²) in [5, 5.41) is 14.7. The smallest absolute Gasteiger partial charge is 0.269 e. The number of nitro benzene ring substituents is 1. The lowest BCUT2D eigenvalue weighted by atomic mass is 10.1. The first-order valence-corrected chi connectivity index (χ1v) is 8.59. The largest absolute Gasteiger partial charge is 0.315 e. The van der Waals surface area contributed by atoms with Gasteiger partial charge in [0.25, 0.3) is 5.69 Å². The van der Waals surface area contributed by atoms with Gasteiger partial charge in [-0.05, 0) is 18.5 Å². The van der Waals surface area contributed by atoms with Crippen molar-refractivity contribution < 1.29 is 4.92 Å². The second-order valence-corrected chi connectivity index (χ2v) is 7.00. The van der Waals surface area contributed by atoms with E-state index < -0.39 is 0 Å². The zero-order valence-corrected chi connectivity index (χ0v) is 12.3. The van der Waals surface area contributed by atoms with Gasteiger partial charge in [-0.2, -0.15) is 23.5 Å². The van der Waals surface area contributed by atoms with Crippen LogP contribution in [0.4, 0.5) is 5.69 Å². The van der Waals surface area contributed by atoms with Gasteiger partial charge in [-0.25, -0.2) is 0 Å². The Kier molecular flexibility index (Phi) is 6.00. The molecular weight excluding hydrogens is 280 g/mol. The predicted molar refractivity (Wildman–Crippen MR) is 83.2 cm³/mol. The van der Waals surface area contributed by atoms with Crippen LogP contribution in [0.25, 0.3) is 0 Å². The van der Waals surface area contributed by atoms with Crippen LogP contribution in [0.1, 0.15) is 5.56 Å². The maximum atomic E-state index is 10.5. The van der Waals surface area contributed by atoms with Crippen LogP contribution in [0.2, 0.25) is 0 Å². The standard InChI is InChI=1S/C13H18N2O2S2/c16-15(17)12-3-1-11(2-4-12)5-6-14-9-13-10-18-7-8-19-13/h1-4,13-14H,5-10H2. The zero-order chi connectivity index (χ0) is 13.5. The molecule has 0 saturated carbocycles. The van der Waals surface area contributed by atoms with Gasteiger partial charge in [0.15, 0.2) is 0 Å². The summed E-state index contributed by atoms with van der Waals surface area (Å²) in [5.41, 5.74) is 1.30. The molecule has 1 aliphatic heterocycles. The quantitative estimate of drug-likeness (QED) is 0.497. The van der Waals surface area contributed by atoms with Gasteiger partial charge in [0.2, 0.25) is 0 Å². The minimum atomic E-state index is -0.361. The Balaban J connectivity index is 1.66. The van der Waals surface area contributed by atoms with E-state index in [0.29, 0.717) is 0 Å². The first kappa shape index (κ1) is 14.7. The molecule has 0 spiro atoms. The number of nitro groups is 1. The SMILES string of the molecule is O=[N+]([O-])c1ccc(CCNCC2CSCCS2)cc1. The summed E-state index contributed by atoms with van der Waals surface area (Å²) in [5.74, 6) is 3.79. The number of nitrogens with zero attached hydrogens (tertiary/aromatic N) is 1. The van der Waals surface area contributed by atoms with Crippen molar-refractivity contribution in [2.24, 2.45) is 0 Å². The second-order valence-electron chi connectivity index (χ2n) is 4.45. The highest BCUT2D eigenvalue weighted by Gasteiger charge is 2.13. The molecule has 1 heterocycles. The molecular formula is C13H18N2O2S2. The number of hydrogen-bond donors (Lipinski definition) is 1. The molecule has 1 atom stereocenters. The lowest BCUT2D eigenvalue weighted by Gasteiger charge is -2.21. The van der Waals surface area contributed by atoms with E-state index in [4.69, 9.17) is 0 Å². The summed E-state index contributed by atoms with van der Waals surface area (Å²) in [6, 6.07) is 6.82. The molecule has 1 aliphatic rings. The van der Waals surface area contributed by atoms with E-state index in [1.807, 2.05) is 23.9 Å². The molecule has 1 fully saturated rings.